The molecule has 2 aromatic heterocycles. The van der Waals surface area contributed by atoms with Gasteiger partial charge in [0.25, 0.3) is 5.91 Å². The van der Waals surface area contributed by atoms with Crippen molar-refractivity contribution in [1.82, 2.24) is 19.9 Å². The Morgan fingerprint density at radius 1 is 1.16 bits per heavy atom. The average molecular weight is 473 g/mol. The number of carbonyl (C=O) groups is 1. The van der Waals surface area contributed by atoms with Crippen molar-refractivity contribution >= 4 is 45.5 Å². The van der Waals surface area contributed by atoms with Gasteiger partial charge >= 0.3 is 0 Å². The number of hydrogen-bond acceptors (Lipinski definition) is 8. The molecule has 32 heavy (non-hydrogen) atoms. The Hall–Kier alpha value is -2.59. The van der Waals surface area contributed by atoms with Crippen LogP contribution in [0.15, 0.2) is 24.4 Å². The van der Waals surface area contributed by atoms with Crippen LogP contribution in [0.3, 0.4) is 0 Å². The number of aryl methyl sites for hydroxylation is 3. The summed E-state index contributed by atoms with van der Waals surface area (Å²) in [5.74, 6) is 0.346. The van der Waals surface area contributed by atoms with E-state index in [0.29, 0.717) is 22.4 Å². The van der Waals surface area contributed by atoms with Crippen LogP contribution >= 0.6 is 22.9 Å². The number of nitrogens with zero attached hydrogens (tertiary/aromatic N) is 4. The molecule has 1 aliphatic rings. The van der Waals surface area contributed by atoms with Crippen molar-refractivity contribution < 1.29 is 9.53 Å². The number of halogens is 1. The molecule has 0 radical (unpaired) electrons. The highest BCUT2D eigenvalue weighted by atomic mass is 35.5. The zero-order valence-corrected chi connectivity index (χ0v) is 19.8. The number of anilines is 3. The second-order valence-electron chi connectivity index (χ2n) is 7.78. The molecule has 0 aliphatic carbocycles. The van der Waals surface area contributed by atoms with Crippen LogP contribution in [0.2, 0.25) is 5.28 Å². The van der Waals surface area contributed by atoms with E-state index in [1.807, 2.05) is 26.8 Å². The van der Waals surface area contributed by atoms with Gasteiger partial charge in [-0.2, -0.15) is 0 Å². The normalized spacial score (nSPS) is 14.4. The van der Waals surface area contributed by atoms with Crippen molar-refractivity contribution in [3.63, 3.8) is 0 Å². The number of hydrogen-bond donors (Lipinski definition) is 2. The van der Waals surface area contributed by atoms with Crippen molar-refractivity contribution in [2.24, 2.45) is 0 Å². The first kappa shape index (κ1) is 22.6. The van der Waals surface area contributed by atoms with E-state index in [9.17, 15) is 4.79 Å². The monoisotopic (exact) mass is 472 g/mol. The van der Waals surface area contributed by atoms with Crippen molar-refractivity contribution in [3.8, 4) is 0 Å². The Morgan fingerprint density at radius 3 is 2.59 bits per heavy atom. The highest BCUT2D eigenvalue weighted by Gasteiger charge is 2.16. The molecule has 2 N–H and O–H groups in total. The number of nitrogens with one attached hydrogen (secondary N) is 2. The second-order valence-corrected chi connectivity index (χ2v) is 9.15. The van der Waals surface area contributed by atoms with Crippen molar-refractivity contribution in [1.29, 1.82) is 0 Å². The fourth-order valence-electron chi connectivity index (χ4n) is 3.70. The molecule has 1 fully saturated rings. The topological polar surface area (TPSA) is 92.3 Å². The van der Waals surface area contributed by atoms with E-state index in [2.05, 4.69) is 42.6 Å². The van der Waals surface area contributed by atoms with Crippen LogP contribution in [0.25, 0.3) is 0 Å². The Morgan fingerprint density at radius 2 is 1.88 bits per heavy atom. The molecule has 4 rings (SSSR count). The maximum atomic E-state index is 12.8. The molecular formula is C22H25ClN6O2S. The van der Waals surface area contributed by atoms with Gasteiger partial charge in [-0.25, -0.2) is 15.0 Å². The number of carbonyl (C=O) groups excluding carboxylic acids is 1. The fraction of sp³-hybridized carbons (Fsp3) is 0.364. The summed E-state index contributed by atoms with van der Waals surface area (Å²) in [6, 6.07) is 5.95. The van der Waals surface area contributed by atoms with Crippen LogP contribution in [0, 0.1) is 20.8 Å². The lowest BCUT2D eigenvalue weighted by atomic mass is 10.1. The zero-order chi connectivity index (χ0) is 22.7. The molecule has 0 atom stereocenters. The predicted molar refractivity (Wildman–Crippen MR) is 127 cm³/mol. The minimum Gasteiger partial charge on any atom is -0.379 e. The fourth-order valence-corrected chi connectivity index (χ4v) is 4.62. The zero-order valence-electron chi connectivity index (χ0n) is 18.2. The lowest BCUT2D eigenvalue weighted by Crippen LogP contribution is -2.35. The third-order valence-electron chi connectivity index (χ3n) is 5.12. The van der Waals surface area contributed by atoms with Gasteiger partial charge in [-0.15, -0.1) is 0 Å². The average Bonchev–Trinajstić information content (AvgIpc) is 3.19. The number of thiazole rings is 1. The lowest BCUT2D eigenvalue weighted by Gasteiger charge is -2.26. The van der Waals surface area contributed by atoms with Crippen LogP contribution in [-0.4, -0.2) is 52.1 Å². The Kier molecular flexibility index (Phi) is 7.00. The van der Waals surface area contributed by atoms with Crippen LogP contribution in [-0.2, 0) is 11.3 Å². The molecule has 3 aromatic rings. The van der Waals surface area contributed by atoms with E-state index in [1.165, 1.54) is 16.9 Å². The molecule has 0 bridgehead atoms. The maximum Gasteiger partial charge on any atom is 0.267 e. The number of rotatable bonds is 6. The van der Waals surface area contributed by atoms with Gasteiger partial charge in [-0.1, -0.05) is 29.0 Å². The predicted octanol–water partition coefficient (Wildman–Crippen LogP) is 4.34. The van der Waals surface area contributed by atoms with Gasteiger partial charge in [0.1, 0.15) is 10.7 Å². The minimum absolute atomic E-state index is 0.165. The van der Waals surface area contributed by atoms with Crippen molar-refractivity contribution in [3.05, 3.63) is 56.9 Å². The quantitative estimate of drug-likeness (QED) is 0.515. The Bertz CT molecular complexity index is 1110. The van der Waals surface area contributed by atoms with E-state index in [1.54, 1.807) is 6.20 Å². The molecule has 0 spiro atoms. The second kappa shape index (κ2) is 9.91. The summed E-state index contributed by atoms with van der Waals surface area (Å²) in [4.78, 5) is 28.4. The summed E-state index contributed by atoms with van der Waals surface area (Å²) < 4.78 is 5.39. The van der Waals surface area contributed by atoms with Gasteiger partial charge in [0, 0.05) is 31.4 Å². The molecule has 3 heterocycles. The molecule has 1 aromatic carbocycles. The highest BCUT2D eigenvalue weighted by molar-refractivity contribution is 7.17. The standard InChI is InChI=1S/C22H25ClN6O2S/c1-13-8-14(2)19(15(3)9-13)28-20(30)17-11-24-22(32-17)27-18-10-16(25-21(23)26-18)12-29-4-6-31-7-5-29/h8-11H,4-7,12H2,1-3H3,(H,28,30)(H,24,25,26,27). The highest BCUT2D eigenvalue weighted by Crippen LogP contribution is 2.26. The first-order valence-corrected chi connectivity index (χ1v) is 11.5. The van der Waals surface area contributed by atoms with E-state index in [-0.39, 0.29) is 11.2 Å². The van der Waals surface area contributed by atoms with E-state index in [0.717, 1.165) is 48.8 Å². The van der Waals surface area contributed by atoms with E-state index in [4.69, 9.17) is 16.3 Å². The molecular weight excluding hydrogens is 448 g/mol. The third-order valence-corrected chi connectivity index (χ3v) is 6.20. The number of morpholine rings is 1. The molecule has 10 heteroatoms. The van der Waals surface area contributed by atoms with Gasteiger partial charge in [0.2, 0.25) is 5.28 Å². The summed E-state index contributed by atoms with van der Waals surface area (Å²) >= 11 is 7.39. The number of amides is 1. The Labute approximate surface area is 196 Å². The molecule has 1 aliphatic heterocycles. The summed E-state index contributed by atoms with van der Waals surface area (Å²) in [5, 5.41) is 6.86. The molecule has 1 saturated heterocycles. The Balaban J connectivity index is 1.44. The summed E-state index contributed by atoms with van der Waals surface area (Å²) in [6.45, 7) is 9.83. The molecule has 168 valence electrons. The van der Waals surface area contributed by atoms with Crippen molar-refractivity contribution in [2.45, 2.75) is 27.3 Å². The van der Waals surface area contributed by atoms with Gasteiger partial charge in [-0.3, -0.25) is 9.69 Å². The summed E-state index contributed by atoms with van der Waals surface area (Å²) in [5.41, 5.74) is 4.87. The number of ether oxygens (including phenoxy) is 1. The number of aromatic nitrogens is 3. The van der Waals surface area contributed by atoms with Gasteiger partial charge in [0.05, 0.1) is 25.1 Å². The first-order valence-electron chi connectivity index (χ1n) is 10.3. The van der Waals surface area contributed by atoms with Crippen molar-refractivity contribution in [2.75, 3.05) is 36.9 Å². The summed E-state index contributed by atoms with van der Waals surface area (Å²) in [6.07, 6.45) is 1.55. The van der Waals surface area contributed by atoms with Crippen LogP contribution in [0.4, 0.5) is 16.6 Å². The largest absolute Gasteiger partial charge is 0.379 e. The van der Waals surface area contributed by atoms with Gasteiger partial charge in [-0.05, 0) is 43.5 Å². The van der Waals surface area contributed by atoms with Crippen LogP contribution in [0.5, 0.6) is 0 Å². The SMILES string of the molecule is Cc1cc(C)c(NC(=O)c2cnc(Nc3cc(CN4CCOCC4)nc(Cl)n3)s2)c(C)c1. The lowest BCUT2D eigenvalue weighted by molar-refractivity contribution is 0.0336. The third kappa shape index (κ3) is 5.60. The maximum absolute atomic E-state index is 12.8. The molecule has 8 nitrogen and oxygen atoms in total. The van der Waals surface area contributed by atoms with Gasteiger partial charge in [0.15, 0.2) is 5.13 Å². The number of benzene rings is 1. The van der Waals surface area contributed by atoms with Crippen LogP contribution < -0.4 is 10.6 Å². The first-order chi connectivity index (χ1) is 15.4. The van der Waals surface area contributed by atoms with Crippen LogP contribution in [0.1, 0.15) is 32.1 Å². The van der Waals surface area contributed by atoms with Gasteiger partial charge < -0.3 is 15.4 Å². The van der Waals surface area contributed by atoms with E-state index >= 15 is 0 Å². The molecule has 1 amide bonds. The minimum atomic E-state index is -0.195. The summed E-state index contributed by atoms with van der Waals surface area (Å²) in [7, 11) is 0. The van der Waals surface area contributed by atoms with E-state index < -0.39 is 0 Å². The smallest absolute Gasteiger partial charge is 0.267 e. The molecule has 0 unspecified atom stereocenters. The molecule has 0 saturated carbocycles.